The van der Waals surface area contributed by atoms with Gasteiger partial charge in [-0.3, -0.25) is 4.79 Å². The molecule has 0 aliphatic rings. The molecule has 6 nitrogen and oxygen atoms in total. The highest BCUT2D eigenvalue weighted by Gasteiger charge is 2.14. The number of amides is 1. The summed E-state index contributed by atoms with van der Waals surface area (Å²) in [5.41, 5.74) is 1.55. The Morgan fingerprint density at radius 1 is 1.12 bits per heavy atom. The van der Waals surface area contributed by atoms with Gasteiger partial charge in [0.1, 0.15) is 11.6 Å². The van der Waals surface area contributed by atoms with Crippen LogP contribution in [0.4, 0.5) is 10.2 Å². The Morgan fingerprint density at radius 2 is 1.88 bits per heavy atom. The molecule has 1 N–H and O–H groups in total. The lowest BCUT2D eigenvalue weighted by atomic mass is 10.2. The number of rotatable bonds is 5. The molecule has 0 spiro atoms. The first-order valence-corrected chi connectivity index (χ1v) is 7.87. The first kappa shape index (κ1) is 17.3. The minimum atomic E-state index is -0.771. The summed E-state index contributed by atoms with van der Waals surface area (Å²) in [5.74, 6) is -1.38. The van der Waals surface area contributed by atoms with Gasteiger partial charge in [0.15, 0.2) is 6.61 Å². The molecule has 132 valence electrons. The summed E-state index contributed by atoms with van der Waals surface area (Å²) in [6, 6.07) is 16.1. The Hall–Kier alpha value is -3.48. The van der Waals surface area contributed by atoms with E-state index >= 15 is 0 Å². The summed E-state index contributed by atoms with van der Waals surface area (Å²) in [6.45, 7) is 1.31. The number of para-hydroxylation sites is 1. The molecule has 3 rings (SSSR count). The quantitative estimate of drug-likeness (QED) is 0.715. The Bertz CT molecular complexity index is 938. The molecular formula is C19H16FN3O3. The van der Waals surface area contributed by atoms with E-state index < -0.39 is 24.3 Å². The molecule has 0 aliphatic heterocycles. The van der Waals surface area contributed by atoms with Gasteiger partial charge in [-0.15, -0.1) is 0 Å². The maximum atomic E-state index is 13.1. The van der Waals surface area contributed by atoms with Gasteiger partial charge in [-0.1, -0.05) is 24.3 Å². The minimum absolute atomic E-state index is 0.0444. The van der Waals surface area contributed by atoms with Crippen molar-refractivity contribution in [2.24, 2.45) is 0 Å². The zero-order valence-corrected chi connectivity index (χ0v) is 14.0. The van der Waals surface area contributed by atoms with Crippen LogP contribution in [0, 0.1) is 12.7 Å². The molecule has 26 heavy (non-hydrogen) atoms. The molecule has 0 atom stereocenters. The normalized spacial score (nSPS) is 10.4. The highest BCUT2D eigenvalue weighted by molar-refractivity contribution is 5.95. The summed E-state index contributed by atoms with van der Waals surface area (Å²) in [6.07, 6.45) is 0. The molecule has 0 aliphatic carbocycles. The summed E-state index contributed by atoms with van der Waals surface area (Å²) in [4.78, 5) is 24.0. The zero-order valence-electron chi connectivity index (χ0n) is 14.0. The van der Waals surface area contributed by atoms with E-state index in [2.05, 4.69) is 10.4 Å². The topological polar surface area (TPSA) is 73.2 Å². The van der Waals surface area contributed by atoms with E-state index in [-0.39, 0.29) is 5.56 Å². The number of nitrogens with one attached hydrogen (secondary N) is 1. The lowest BCUT2D eigenvalue weighted by Gasteiger charge is -2.09. The third kappa shape index (κ3) is 4.13. The Balaban J connectivity index is 1.65. The van der Waals surface area contributed by atoms with E-state index in [4.69, 9.17) is 4.74 Å². The van der Waals surface area contributed by atoms with Crippen molar-refractivity contribution >= 4 is 17.7 Å². The summed E-state index contributed by atoms with van der Waals surface area (Å²) in [5, 5.41) is 7.00. The number of aryl methyl sites for hydroxylation is 1. The summed E-state index contributed by atoms with van der Waals surface area (Å²) < 4.78 is 19.6. The van der Waals surface area contributed by atoms with Crippen LogP contribution in [0.3, 0.4) is 0 Å². The third-order valence-electron chi connectivity index (χ3n) is 3.49. The van der Waals surface area contributed by atoms with Crippen LogP contribution in [0.2, 0.25) is 0 Å². The average molecular weight is 353 g/mol. The second-order valence-electron chi connectivity index (χ2n) is 5.55. The van der Waals surface area contributed by atoms with Gasteiger partial charge in [-0.25, -0.2) is 13.9 Å². The molecule has 0 fully saturated rings. The zero-order chi connectivity index (χ0) is 18.5. The molecule has 0 saturated carbocycles. The van der Waals surface area contributed by atoms with Crippen molar-refractivity contribution in [2.75, 3.05) is 11.9 Å². The average Bonchev–Trinajstić information content (AvgIpc) is 3.00. The first-order valence-electron chi connectivity index (χ1n) is 7.87. The van der Waals surface area contributed by atoms with E-state index in [0.717, 1.165) is 17.4 Å². The maximum absolute atomic E-state index is 13.1. The van der Waals surface area contributed by atoms with Crippen molar-refractivity contribution in [3.8, 4) is 5.69 Å². The molecule has 3 aromatic rings. The fraction of sp³-hybridized carbons (Fsp3) is 0.105. The van der Waals surface area contributed by atoms with Crippen LogP contribution in [0.25, 0.3) is 5.69 Å². The minimum Gasteiger partial charge on any atom is -0.452 e. The van der Waals surface area contributed by atoms with E-state index in [1.807, 2.05) is 30.3 Å². The van der Waals surface area contributed by atoms with E-state index in [9.17, 15) is 14.0 Å². The number of benzene rings is 2. The highest BCUT2D eigenvalue weighted by atomic mass is 19.1. The molecule has 1 heterocycles. The molecule has 7 heteroatoms. The smallest absolute Gasteiger partial charge is 0.338 e. The van der Waals surface area contributed by atoms with Crippen LogP contribution in [-0.2, 0) is 9.53 Å². The van der Waals surface area contributed by atoms with Crippen molar-refractivity contribution < 1.29 is 18.7 Å². The largest absolute Gasteiger partial charge is 0.452 e. The van der Waals surface area contributed by atoms with Gasteiger partial charge in [0.05, 0.1) is 16.9 Å². The van der Waals surface area contributed by atoms with Crippen molar-refractivity contribution in [3.05, 3.63) is 77.7 Å². The van der Waals surface area contributed by atoms with Gasteiger partial charge in [0.2, 0.25) is 0 Å². The second-order valence-corrected chi connectivity index (χ2v) is 5.55. The van der Waals surface area contributed by atoms with Crippen LogP contribution < -0.4 is 5.32 Å². The fourth-order valence-electron chi connectivity index (χ4n) is 2.36. The predicted molar refractivity (Wildman–Crippen MR) is 93.6 cm³/mol. The predicted octanol–water partition coefficient (Wildman–Crippen LogP) is 3.12. The van der Waals surface area contributed by atoms with Gasteiger partial charge < -0.3 is 10.1 Å². The number of esters is 1. The molecule has 0 radical (unpaired) electrons. The molecule has 0 unspecified atom stereocenters. The van der Waals surface area contributed by atoms with E-state index in [1.165, 1.54) is 18.2 Å². The van der Waals surface area contributed by atoms with Crippen molar-refractivity contribution in [3.63, 3.8) is 0 Å². The Morgan fingerprint density at radius 3 is 2.62 bits per heavy atom. The van der Waals surface area contributed by atoms with Gasteiger partial charge in [0.25, 0.3) is 5.91 Å². The van der Waals surface area contributed by atoms with Gasteiger partial charge in [-0.05, 0) is 37.3 Å². The molecule has 2 aromatic carbocycles. The van der Waals surface area contributed by atoms with E-state index in [1.54, 1.807) is 17.7 Å². The number of anilines is 1. The summed E-state index contributed by atoms with van der Waals surface area (Å²) in [7, 11) is 0. The SMILES string of the molecule is Cc1cc(NC(=O)COC(=O)c2cccc(F)c2)n(-c2ccccc2)n1. The van der Waals surface area contributed by atoms with Gasteiger partial charge in [-0.2, -0.15) is 5.10 Å². The lowest BCUT2D eigenvalue weighted by molar-refractivity contribution is -0.119. The molecule has 1 aromatic heterocycles. The second kappa shape index (κ2) is 7.60. The number of ether oxygens (including phenoxy) is 1. The Kier molecular flexibility index (Phi) is 5.07. The number of carbonyl (C=O) groups excluding carboxylic acids is 2. The first-order chi connectivity index (χ1) is 12.5. The van der Waals surface area contributed by atoms with Gasteiger partial charge in [0, 0.05) is 6.07 Å². The molecule has 1 amide bonds. The molecule has 0 saturated heterocycles. The van der Waals surface area contributed by atoms with Crippen molar-refractivity contribution in [1.29, 1.82) is 0 Å². The maximum Gasteiger partial charge on any atom is 0.338 e. The molecule has 0 bridgehead atoms. The number of hydrogen-bond donors (Lipinski definition) is 1. The lowest BCUT2D eigenvalue weighted by Crippen LogP contribution is -2.22. The number of carbonyl (C=O) groups is 2. The number of nitrogens with zero attached hydrogens (tertiary/aromatic N) is 2. The monoisotopic (exact) mass is 353 g/mol. The van der Waals surface area contributed by atoms with Crippen LogP contribution in [0.15, 0.2) is 60.7 Å². The van der Waals surface area contributed by atoms with Gasteiger partial charge >= 0.3 is 5.97 Å². The van der Waals surface area contributed by atoms with Crippen LogP contribution in [0.5, 0.6) is 0 Å². The number of halogens is 1. The van der Waals surface area contributed by atoms with E-state index in [0.29, 0.717) is 5.82 Å². The van der Waals surface area contributed by atoms with Crippen molar-refractivity contribution in [1.82, 2.24) is 9.78 Å². The van der Waals surface area contributed by atoms with Crippen LogP contribution in [-0.4, -0.2) is 28.3 Å². The molecular weight excluding hydrogens is 337 g/mol. The third-order valence-corrected chi connectivity index (χ3v) is 3.49. The Labute approximate surface area is 149 Å². The number of hydrogen-bond acceptors (Lipinski definition) is 4. The van der Waals surface area contributed by atoms with Crippen LogP contribution in [0.1, 0.15) is 16.1 Å². The highest BCUT2D eigenvalue weighted by Crippen LogP contribution is 2.16. The summed E-state index contributed by atoms with van der Waals surface area (Å²) >= 11 is 0. The fourth-order valence-corrected chi connectivity index (χ4v) is 2.36. The van der Waals surface area contributed by atoms with Crippen LogP contribution >= 0.6 is 0 Å². The number of aromatic nitrogens is 2. The van der Waals surface area contributed by atoms with Crippen molar-refractivity contribution in [2.45, 2.75) is 6.92 Å². The standard InChI is InChI=1S/C19H16FN3O3/c1-13-10-17(23(22-13)16-8-3-2-4-9-16)21-18(24)12-26-19(25)14-6-5-7-15(20)11-14/h2-11H,12H2,1H3,(H,21,24).